The van der Waals surface area contributed by atoms with Crippen LogP contribution in [0.2, 0.25) is 0 Å². The number of nitrogens with zero attached hydrogens (tertiary/aromatic N) is 5. The molecule has 0 atom stereocenters. The zero-order chi connectivity index (χ0) is 23.7. The third-order valence-corrected chi connectivity index (χ3v) is 6.70. The molecule has 34 heavy (non-hydrogen) atoms. The molecule has 0 saturated carbocycles. The third kappa shape index (κ3) is 4.25. The van der Waals surface area contributed by atoms with Crippen LogP contribution in [0.1, 0.15) is 41.0 Å². The predicted octanol–water partition coefficient (Wildman–Crippen LogP) is 4.15. The quantitative estimate of drug-likeness (QED) is 0.330. The Labute approximate surface area is 196 Å². The minimum absolute atomic E-state index is 0.0648. The van der Waals surface area contributed by atoms with E-state index in [1.54, 1.807) is 24.3 Å². The molecule has 1 fully saturated rings. The number of hydrogen-bond acceptors (Lipinski definition) is 5. The molecule has 0 N–H and O–H groups in total. The standard InChI is InChI=1S/C25H26FN5O3/c26-18-6-8-20(9-7-18)30-23-5-3-1-2-4-22(23)24(27-30)25(32)29-16-14-28(15-17-29)19-10-12-21(13-11-19)31(33)34/h6-13H,1-5,14-17H2. The van der Waals surface area contributed by atoms with Crippen molar-refractivity contribution < 1.29 is 14.1 Å². The lowest BCUT2D eigenvalue weighted by molar-refractivity contribution is -0.384. The van der Waals surface area contributed by atoms with Crippen molar-refractivity contribution in [3.05, 3.63) is 81.4 Å². The Bertz CT molecular complexity index is 1200. The molecule has 9 heteroatoms. The number of benzene rings is 2. The number of anilines is 1. The van der Waals surface area contributed by atoms with Crippen molar-refractivity contribution in [1.82, 2.24) is 14.7 Å². The molecule has 2 aliphatic rings. The van der Waals surface area contributed by atoms with Crippen LogP contribution in [-0.2, 0) is 12.8 Å². The molecule has 0 spiro atoms. The summed E-state index contributed by atoms with van der Waals surface area (Å²) in [6, 6.07) is 12.7. The Morgan fingerprint density at radius 1 is 0.882 bits per heavy atom. The number of nitro groups is 1. The molecule has 1 aliphatic heterocycles. The molecule has 1 aliphatic carbocycles. The molecule has 0 bridgehead atoms. The fourth-order valence-electron chi connectivity index (χ4n) is 4.85. The number of amides is 1. The predicted molar refractivity (Wildman–Crippen MR) is 126 cm³/mol. The molecule has 176 valence electrons. The number of fused-ring (bicyclic) bond motifs is 1. The fraction of sp³-hybridized carbons (Fsp3) is 0.360. The van der Waals surface area contributed by atoms with Crippen LogP contribution in [0, 0.1) is 15.9 Å². The Balaban J connectivity index is 1.35. The average Bonchev–Trinajstić information content (AvgIpc) is 3.05. The minimum Gasteiger partial charge on any atom is -0.368 e. The Kier molecular flexibility index (Phi) is 6.00. The molecule has 3 aromatic rings. The summed E-state index contributed by atoms with van der Waals surface area (Å²) in [5, 5.41) is 15.6. The molecule has 1 aromatic heterocycles. The van der Waals surface area contributed by atoms with E-state index in [1.807, 2.05) is 9.58 Å². The largest absolute Gasteiger partial charge is 0.368 e. The van der Waals surface area contributed by atoms with E-state index in [2.05, 4.69) is 4.90 Å². The van der Waals surface area contributed by atoms with Crippen LogP contribution in [0.3, 0.4) is 0 Å². The summed E-state index contributed by atoms with van der Waals surface area (Å²) >= 11 is 0. The minimum atomic E-state index is -0.408. The number of piperazine rings is 1. The van der Waals surface area contributed by atoms with Gasteiger partial charge in [0.1, 0.15) is 5.82 Å². The van der Waals surface area contributed by atoms with Crippen LogP contribution < -0.4 is 4.90 Å². The number of halogens is 1. The zero-order valence-corrected chi connectivity index (χ0v) is 18.8. The number of hydrogen-bond donors (Lipinski definition) is 0. The lowest BCUT2D eigenvalue weighted by Gasteiger charge is -2.36. The van der Waals surface area contributed by atoms with Crippen LogP contribution in [0.25, 0.3) is 5.69 Å². The molecule has 5 rings (SSSR count). The lowest BCUT2D eigenvalue weighted by Crippen LogP contribution is -2.49. The number of carbonyl (C=O) groups excluding carboxylic acids is 1. The SMILES string of the molecule is O=C(c1nn(-c2ccc(F)cc2)c2c1CCCCC2)N1CCN(c2ccc([N+](=O)[O-])cc2)CC1. The van der Waals surface area contributed by atoms with E-state index in [0.29, 0.717) is 31.9 Å². The number of carbonyl (C=O) groups is 1. The first-order chi connectivity index (χ1) is 16.5. The van der Waals surface area contributed by atoms with Crippen LogP contribution in [0.15, 0.2) is 48.5 Å². The number of rotatable bonds is 4. The van der Waals surface area contributed by atoms with E-state index in [4.69, 9.17) is 5.10 Å². The monoisotopic (exact) mass is 463 g/mol. The molecule has 1 saturated heterocycles. The van der Waals surface area contributed by atoms with Gasteiger partial charge < -0.3 is 9.80 Å². The normalized spacial score (nSPS) is 16.1. The third-order valence-electron chi connectivity index (χ3n) is 6.70. The summed E-state index contributed by atoms with van der Waals surface area (Å²) in [7, 11) is 0. The maximum Gasteiger partial charge on any atom is 0.274 e. The zero-order valence-electron chi connectivity index (χ0n) is 18.8. The maximum atomic E-state index is 13.5. The molecule has 0 radical (unpaired) electrons. The highest BCUT2D eigenvalue weighted by Crippen LogP contribution is 2.28. The number of aromatic nitrogens is 2. The van der Waals surface area contributed by atoms with Gasteiger partial charge in [-0.25, -0.2) is 9.07 Å². The summed E-state index contributed by atoms with van der Waals surface area (Å²) in [6.45, 7) is 2.39. The number of non-ortho nitro benzene ring substituents is 1. The van der Waals surface area contributed by atoms with Gasteiger partial charge >= 0.3 is 0 Å². The highest BCUT2D eigenvalue weighted by atomic mass is 19.1. The van der Waals surface area contributed by atoms with E-state index < -0.39 is 4.92 Å². The summed E-state index contributed by atoms with van der Waals surface area (Å²) in [5.74, 6) is -0.369. The van der Waals surface area contributed by atoms with Crippen molar-refractivity contribution >= 4 is 17.3 Å². The van der Waals surface area contributed by atoms with Gasteiger partial charge in [-0.1, -0.05) is 6.42 Å². The maximum absolute atomic E-state index is 13.5. The van der Waals surface area contributed by atoms with Crippen molar-refractivity contribution in [2.45, 2.75) is 32.1 Å². The Morgan fingerprint density at radius 3 is 2.21 bits per heavy atom. The Hall–Kier alpha value is -3.75. The van der Waals surface area contributed by atoms with E-state index in [0.717, 1.165) is 54.7 Å². The fourth-order valence-corrected chi connectivity index (χ4v) is 4.85. The second kappa shape index (κ2) is 9.24. The van der Waals surface area contributed by atoms with Crippen LogP contribution >= 0.6 is 0 Å². The van der Waals surface area contributed by atoms with Gasteiger partial charge in [-0.2, -0.15) is 5.10 Å². The first-order valence-electron chi connectivity index (χ1n) is 11.7. The first-order valence-corrected chi connectivity index (χ1v) is 11.7. The summed E-state index contributed by atoms with van der Waals surface area (Å²) in [4.78, 5) is 28.0. The molecule has 2 aromatic carbocycles. The van der Waals surface area contributed by atoms with Crippen molar-refractivity contribution in [3.8, 4) is 5.69 Å². The number of nitro benzene ring substituents is 1. The summed E-state index contributed by atoms with van der Waals surface area (Å²) < 4.78 is 15.3. The molecule has 2 heterocycles. The van der Waals surface area contributed by atoms with Crippen LogP contribution in [-0.4, -0.2) is 51.7 Å². The Morgan fingerprint density at radius 2 is 1.53 bits per heavy atom. The smallest absolute Gasteiger partial charge is 0.274 e. The van der Waals surface area contributed by atoms with Crippen molar-refractivity contribution in [3.63, 3.8) is 0 Å². The highest BCUT2D eigenvalue weighted by molar-refractivity contribution is 5.94. The molecule has 0 unspecified atom stereocenters. The van der Waals surface area contributed by atoms with Gasteiger partial charge in [-0.15, -0.1) is 0 Å². The summed E-state index contributed by atoms with van der Waals surface area (Å²) in [5.41, 5.74) is 4.32. The van der Waals surface area contributed by atoms with Crippen LogP contribution in [0.4, 0.5) is 15.8 Å². The second-order valence-corrected chi connectivity index (χ2v) is 8.78. The molecule has 8 nitrogen and oxygen atoms in total. The van der Waals surface area contributed by atoms with E-state index in [-0.39, 0.29) is 17.4 Å². The lowest BCUT2D eigenvalue weighted by atomic mass is 10.1. The van der Waals surface area contributed by atoms with Gasteiger partial charge in [0.25, 0.3) is 11.6 Å². The van der Waals surface area contributed by atoms with Gasteiger partial charge in [0.15, 0.2) is 5.69 Å². The molecular weight excluding hydrogens is 437 g/mol. The average molecular weight is 464 g/mol. The second-order valence-electron chi connectivity index (χ2n) is 8.78. The van der Waals surface area contributed by atoms with Crippen molar-refractivity contribution in [1.29, 1.82) is 0 Å². The van der Waals surface area contributed by atoms with Crippen LogP contribution in [0.5, 0.6) is 0 Å². The van der Waals surface area contributed by atoms with Gasteiger partial charge in [0.05, 0.1) is 10.6 Å². The van der Waals surface area contributed by atoms with Gasteiger partial charge in [0.2, 0.25) is 0 Å². The highest BCUT2D eigenvalue weighted by Gasteiger charge is 2.30. The summed E-state index contributed by atoms with van der Waals surface area (Å²) in [6.07, 6.45) is 4.85. The van der Waals surface area contributed by atoms with E-state index >= 15 is 0 Å². The van der Waals surface area contributed by atoms with Crippen molar-refractivity contribution in [2.24, 2.45) is 0 Å². The van der Waals surface area contributed by atoms with E-state index in [1.165, 1.54) is 24.3 Å². The van der Waals surface area contributed by atoms with Gasteiger partial charge in [0, 0.05) is 55.3 Å². The molecular formula is C25H26FN5O3. The topological polar surface area (TPSA) is 84.5 Å². The first kappa shape index (κ1) is 22.1. The van der Waals surface area contributed by atoms with Gasteiger partial charge in [-0.3, -0.25) is 14.9 Å². The van der Waals surface area contributed by atoms with Gasteiger partial charge in [-0.05, 0) is 62.1 Å². The van der Waals surface area contributed by atoms with Crippen molar-refractivity contribution in [2.75, 3.05) is 31.1 Å². The molecule has 1 amide bonds. The van der Waals surface area contributed by atoms with E-state index in [9.17, 15) is 19.3 Å².